The first-order valence-corrected chi connectivity index (χ1v) is 9.02. The van der Waals surface area contributed by atoms with Gasteiger partial charge in [0.05, 0.1) is 0 Å². The third-order valence-electron chi connectivity index (χ3n) is 6.24. The average molecular weight is 373 g/mol. The first kappa shape index (κ1) is 21.8. The van der Waals surface area contributed by atoms with Gasteiger partial charge in [-0.2, -0.15) is 0 Å². The van der Waals surface area contributed by atoms with Gasteiger partial charge >= 0.3 is 0 Å². The number of rotatable bonds is 4. The Morgan fingerprint density at radius 2 is 1.29 bits per heavy atom. The summed E-state index contributed by atoms with van der Waals surface area (Å²) in [5, 5.41) is 3.51. The van der Waals surface area contributed by atoms with Crippen molar-refractivity contribution in [1.82, 2.24) is 10.2 Å². The second-order valence-corrected chi connectivity index (χ2v) is 7.52. The molecule has 2 nitrogen and oxygen atoms in total. The van der Waals surface area contributed by atoms with Crippen molar-refractivity contribution in [2.45, 2.75) is 59.9 Å². The Bertz CT molecular complexity index is 532. The molecule has 0 spiro atoms. The van der Waals surface area contributed by atoms with Crippen LogP contribution in [0.25, 0.3) is 0 Å². The molecule has 2 aliphatic rings. The zero-order valence-electron chi connectivity index (χ0n) is 15.9. The summed E-state index contributed by atoms with van der Waals surface area (Å²) in [7, 11) is 0. The van der Waals surface area contributed by atoms with Gasteiger partial charge in [0.1, 0.15) is 0 Å². The Labute approximate surface area is 160 Å². The summed E-state index contributed by atoms with van der Waals surface area (Å²) in [4.78, 5) is 2.75. The number of piperazine rings is 1. The lowest BCUT2D eigenvalue weighted by Crippen LogP contribution is -2.45. The Hall–Kier alpha value is -0.280. The van der Waals surface area contributed by atoms with Gasteiger partial charge in [0.25, 0.3) is 0 Å². The molecule has 1 saturated carbocycles. The van der Waals surface area contributed by atoms with Crippen molar-refractivity contribution in [3.8, 4) is 0 Å². The second-order valence-electron chi connectivity index (χ2n) is 7.52. The number of hydrogen-bond acceptors (Lipinski definition) is 2. The molecule has 3 rings (SSSR count). The fourth-order valence-corrected chi connectivity index (χ4v) is 4.14. The minimum absolute atomic E-state index is 0. The molecule has 0 radical (unpaired) electrons. The van der Waals surface area contributed by atoms with Crippen molar-refractivity contribution in [1.29, 1.82) is 0 Å². The normalized spacial score (nSPS) is 19.4. The zero-order valence-corrected chi connectivity index (χ0v) is 17.5. The fourth-order valence-electron chi connectivity index (χ4n) is 4.14. The van der Waals surface area contributed by atoms with Crippen molar-refractivity contribution in [3.05, 3.63) is 33.4 Å². The van der Waals surface area contributed by atoms with Crippen LogP contribution in [0, 0.1) is 40.5 Å². The molecule has 0 aromatic heterocycles. The van der Waals surface area contributed by atoms with Crippen LogP contribution in [-0.4, -0.2) is 31.1 Å². The molecule has 1 aromatic rings. The van der Waals surface area contributed by atoms with Gasteiger partial charge in [0.2, 0.25) is 0 Å². The summed E-state index contributed by atoms with van der Waals surface area (Å²) in [6.45, 7) is 16.3. The van der Waals surface area contributed by atoms with E-state index in [4.69, 9.17) is 0 Å². The van der Waals surface area contributed by atoms with Crippen LogP contribution in [0.2, 0.25) is 0 Å². The van der Waals surface area contributed by atoms with Gasteiger partial charge in [-0.15, -0.1) is 24.8 Å². The highest BCUT2D eigenvalue weighted by Gasteiger charge is 2.32. The van der Waals surface area contributed by atoms with E-state index in [-0.39, 0.29) is 24.8 Å². The van der Waals surface area contributed by atoms with Crippen molar-refractivity contribution in [3.63, 3.8) is 0 Å². The van der Waals surface area contributed by atoms with Crippen molar-refractivity contribution >= 4 is 24.8 Å². The number of nitrogens with zero attached hydrogens (tertiary/aromatic N) is 1. The van der Waals surface area contributed by atoms with E-state index in [1.807, 2.05) is 0 Å². The van der Waals surface area contributed by atoms with Crippen LogP contribution in [-0.2, 0) is 0 Å². The van der Waals surface area contributed by atoms with Crippen LogP contribution in [0.3, 0.4) is 0 Å². The summed E-state index contributed by atoms with van der Waals surface area (Å²) < 4.78 is 0. The van der Waals surface area contributed by atoms with Crippen molar-refractivity contribution in [2.75, 3.05) is 26.2 Å². The second kappa shape index (κ2) is 8.89. The quantitative estimate of drug-likeness (QED) is 0.814. The highest BCUT2D eigenvalue weighted by Crippen LogP contribution is 2.43. The van der Waals surface area contributed by atoms with Crippen molar-refractivity contribution in [2.24, 2.45) is 5.92 Å². The van der Waals surface area contributed by atoms with Gasteiger partial charge in [-0.3, -0.25) is 4.90 Å². The van der Waals surface area contributed by atoms with Crippen molar-refractivity contribution < 1.29 is 0 Å². The van der Waals surface area contributed by atoms with Crippen LogP contribution >= 0.6 is 24.8 Å². The summed E-state index contributed by atoms with van der Waals surface area (Å²) >= 11 is 0. The van der Waals surface area contributed by atoms with Gasteiger partial charge in [-0.05, 0) is 80.3 Å². The third-order valence-corrected chi connectivity index (χ3v) is 6.24. The lowest BCUT2D eigenvalue weighted by atomic mass is 9.84. The molecule has 0 unspecified atom stereocenters. The first-order valence-electron chi connectivity index (χ1n) is 9.02. The molecule has 1 aliphatic carbocycles. The van der Waals surface area contributed by atoms with E-state index in [0.29, 0.717) is 6.04 Å². The highest BCUT2D eigenvalue weighted by molar-refractivity contribution is 5.85. The largest absolute Gasteiger partial charge is 0.314 e. The molecule has 1 atom stereocenters. The number of benzene rings is 1. The average Bonchev–Trinajstić information content (AvgIpc) is 3.35. The van der Waals surface area contributed by atoms with Gasteiger partial charge in [-0.25, -0.2) is 0 Å². The van der Waals surface area contributed by atoms with E-state index in [1.165, 1.54) is 49.0 Å². The molecule has 0 amide bonds. The van der Waals surface area contributed by atoms with Crippen LogP contribution in [0.15, 0.2) is 0 Å². The number of hydrogen-bond donors (Lipinski definition) is 1. The Kier molecular flexibility index (Phi) is 8.06. The van der Waals surface area contributed by atoms with E-state index in [2.05, 4.69) is 44.8 Å². The molecule has 1 aliphatic heterocycles. The van der Waals surface area contributed by atoms with Gasteiger partial charge in [0, 0.05) is 32.2 Å². The number of nitrogens with one attached hydrogen (secondary N) is 1. The summed E-state index contributed by atoms with van der Waals surface area (Å²) in [6.07, 6.45) is 4.26. The molecule has 1 N–H and O–H groups in total. The molecule has 2 fully saturated rings. The Morgan fingerprint density at radius 1 is 0.833 bits per heavy atom. The minimum atomic E-state index is 0. The maximum atomic E-state index is 3.51. The molecule has 4 heteroatoms. The van der Waals surface area contributed by atoms with Crippen LogP contribution in [0.5, 0.6) is 0 Å². The number of halogens is 2. The molecule has 0 bridgehead atoms. The lowest BCUT2D eigenvalue weighted by molar-refractivity contribution is 0.159. The monoisotopic (exact) mass is 372 g/mol. The lowest BCUT2D eigenvalue weighted by Gasteiger charge is -2.38. The minimum Gasteiger partial charge on any atom is -0.314 e. The first-order chi connectivity index (χ1) is 10.5. The Balaban J connectivity index is 0.00000144. The maximum Gasteiger partial charge on any atom is 0.0357 e. The predicted molar refractivity (Wildman–Crippen MR) is 109 cm³/mol. The molecule has 1 saturated heterocycles. The van der Waals surface area contributed by atoms with E-state index >= 15 is 0 Å². The fraction of sp³-hybridized carbons (Fsp3) is 0.700. The van der Waals surface area contributed by atoms with Crippen LogP contribution in [0.4, 0.5) is 0 Å². The summed E-state index contributed by atoms with van der Waals surface area (Å²) in [5.74, 6) is 0.973. The van der Waals surface area contributed by atoms with E-state index in [1.54, 1.807) is 16.7 Å². The van der Waals surface area contributed by atoms with Gasteiger partial charge in [-0.1, -0.05) is 12.8 Å². The topological polar surface area (TPSA) is 15.3 Å². The summed E-state index contributed by atoms with van der Waals surface area (Å²) in [5.41, 5.74) is 9.25. The molecular formula is C20H34Cl2N2. The summed E-state index contributed by atoms with van der Waals surface area (Å²) in [6, 6.07) is 0.632. The molecule has 1 aromatic carbocycles. The standard InChI is InChI=1S/C20H32N2.2ClH/c1-13-14(2)16(4)20(17(5)15(13)3)19(12-18-6-7-18)22-10-8-21-9-11-22;;/h18-19,21H,6-12H2,1-5H3;2*1H/t19-;;/m1../s1. The van der Waals surface area contributed by atoms with Gasteiger partial charge < -0.3 is 5.32 Å². The smallest absolute Gasteiger partial charge is 0.0357 e. The van der Waals surface area contributed by atoms with E-state index < -0.39 is 0 Å². The van der Waals surface area contributed by atoms with Gasteiger partial charge in [0.15, 0.2) is 0 Å². The van der Waals surface area contributed by atoms with E-state index in [9.17, 15) is 0 Å². The molecule has 138 valence electrons. The molecular weight excluding hydrogens is 339 g/mol. The third kappa shape index (κ3) is 4.27. The van der Waals surface area contributed by atoms with Crippen LogP contribution in [0.1, 0.15) is 58.7 Å². The maximum absolute atomic E-state index is 3.51. The SMILES string of the molecule is Cc1c(C)c(C)c([C@@H](CC2CC2)N2CCNCC2)c(C)c1C.Cl.Cl. The van der Waals surface area contributed by atoms with Crippen LogP contribution < -0.4 is 5.32 Å². The molecule has 24 heavy (non-hydrogen) atoms. The van der Waals surface area contributed by atoms with E-state index in [0.717, 1.165) is 19.0 Å². The highest BCUT2D eigenvalue weighted by atomic mass is 35.5. The molecule has 1 heterocycles. The predicted octanol–water partition coefficient (Wildman–Crippen LogP) is 4.82. The Morgan fingerprint density at radius 3 is 1.75 bits per heavy atom. The zero-order chi connectivity index (χ0) is 15.9.